The van der Waals surface area contributed by atoms with Crippen LogP contribution in [0.15, 0.2) is 24.3 Å². The van der Waals surface area contributed by atoms with Crippen molar-refractivity contribution in [1.82, 2.24) is 16.0 Å². The number of phenols is 1. The zero-order valence-electron chi connectivity index (χ0n) is 18.5. The predicted molar refractivity (Wildman–Crippen MR) is 119 cm³/mol. The van der Waals surface area contributed by atoms with Gasteiger partial charge in [-0.25, -0.2) is 0 Å². The highest BCUT2D eigenvalue weighted by molar-refractivity contribution is 5.94. The zero-order valence-corrected chi connectivity index (χ0v) is 18.5. The van der Waals surface area contributed by atoms with Crippen LogP contribution in [0.25, 0.3) is 0 Å². The Kier molecular flexibility index (Phi) is 12.0. The fourth-order valence-corrected chi connectivity index (χ4v) is 2.96. The Morgan fingerprint density at radius 1 is 0.853 bits per heavy atom. The van der Waals surface area contributed by atoms with Crippen LogP contribution in [0.2, 0.25) is 0 Å². The normalized spacial score (nSPS) is 13.2. The Bertz CT molecular complexity index is 861. The monoisotopic (exact) mass is 481 g/mol. The van der Waals surface area contributed by atoms with E-state index in [1.54, 1.807) is 0 Å². The Hall–Kier alpha value is -3.71. The fraction of sp³-hybridized carbons (Fsp3) is 0.476. The van der Waals surface area contributed by atoms with Gasteiger partial charge in [0.25, 0.3) is 0 Å². The number of unbranched alkanes of at least 4 members (excludes halogenated alkanes) is 1. The van der Waals surface area contributed by atoms with Gasteiger partial charge in [0, 0.05) is 6.42 Å². The SMILES string of the molecule is NCCCCC(NC(=O)C(Cc1ccc(O)cc1)NC(=O)C(N)CC(=O)O)C(=O)NCC(=O)O. The van der Waals surface area contributed by atoms with Gasteiger partial charge in [-0.3, -0.25) is 24.0 Å². The van der Waals surface area contributed by atoms with Gasteiger partial charge in [0.1, 0.15) is 24.4 Å². The van der Waals surface area contributed by atoms with Crippen LogP contribution in [-0.4, -0.2) is 76.2 Å². The smallest absolute Gasteiger partial charge is 0.322 e. The van der Waals surface area contributed by atoms with E-state index in [4.69, 9.17) is 21.7 Å². The van der Waals surface area contributed by atoms with Crippen molar-refractivity contribution in [2.24, 2.45) is 11.5 Å². The topological polar surface area (TPSA) is 234 Å². The maximum Gasteiger partial charge on any atom is 0.322 e. The molecule has 13 nitrogen and oxygen atoms in total. The van der Waals surface area contributed by atoms with Gasteiger partial charge in [-0.05, 0) is 43.5 Å². The summed E-state index contributed by atoms with van der Waals surface area (Å²) in [6, 6.07) is 2.08. The van der Waals surface area contributed by atoms with Gasteiger partial charge in [0.05, 0.1) is 12.5 Å². The molecule has 1 aromatic rings. The molecule has 0 aliphatic carbocycles. The molecular formula is C21H31N5O8. The number of carboxylic acids is 2. The molecule has 0 saturated carbocycles. The molecule has 0 bridgehead atoms. The summed E-state index contributed by atoms with van der Waals surface area (Å²) in [5, 5.41) is 34.2. The van der Waals surface area contributed by atoms with E-state index in [0.717, 1.165) is 0 Å². The standard InChI is InChI=1S/C21H31N5O8/c22-8-2-1-3-15(20(33)24-11-18(30)31)25-21(34)16(9-12-4-6-13(27)7-5-12)26-19(32)14(23)10-17(28)29/h4-7,14-16,27H,1-3,8-11,22-23H2,(H,24,33)(H,25,34)(H,26,32)(H,28,29)(H,30,31). The van der Waals surface area contributed by atoms with Crippen LogP contribution < -0.4 is 27.4 Å². The Morgan fingerprint density at radius 3 is 2.03 bits per heavy atom. The minimum atomic E-state index is -1.41. The zero-order chi connectivity index (χ0) is 25.7. The molecule has 0 spiro atoms. The largest absolute Gasteiger partial charge is 0.508 e. The number of benzene rings is 1. The molecule has 0 aliphatic heterocycles. The van der Waals surface area contributed by atoms with Crippen molar-refractivity contribution in [3.63, 3.8) is 0 Å². The number of carbonyl (C=O) groups is 5. The third kappa shape index (κ3) is 10.7. The number of carbonyl (C=O) groups excluding carboxylic acids is 3. The molecular weight excluding hydrogens is 450 g/mol. The van der Waals surface area contributed by atoms with E-state index < -0.39 is 60.8 Å². The van der Waals surface area contributed by atoms with E-state index in [-0.39, 0.29) is 18.6 Å². The molecule has 188 valence electrons. The number of aromatic hydroxyl groups is 1. The van der Waals surface area contributed by atoms with E-state index in [2.05, 4.69) is 16.0 Å². The van der Waals surface area contributed by atoms with Crippen LogP contribution in [0.4, 0.5) is 0 Å². The number of phenolic OH excluding ortho intramolecular Hbond substituents is 1. The molecule has 1 rings (SSSR count). The lowest BCUT2D eigenvalue weighted by Crippen LogP contribution is -2.56. The van der Waals surface area contributed by atoms with Crippen LogP contribution >= 0.6 is 0 Å². The number of hydrogen-bond donors (Lipinski definition) is 8. The predicted octanol–water partition coefficient (Wildman–Crippen LogP) is -1.96. The van der Waals surface area contributed by atoms with Gasteiger partial charge in [-0.15, -0.1) is 0 Å². The van der Waals surface area contributed by atoms with Crippen LogP contribution in [0, 0.1) is 0 Å². The van der Waals surface area contributed by atoms with Crippen molar-refractivity contribution in [1.29, 1.82) is 0 Å². The summed E-state index contributed by atoms with van der Waals surface area (Å²) >= 11 is 0. The van der Waals surface area contributed by atoms with E-state index >= 15 is 0 Å². The molecule has 0 aliphatic rings. The molecule has 1 aromatic carbocycles. The molecule has 13 heteroatoms. The average Bonchev–Trinajstić information content (AvgIpc) is 2.77. The molecule has 3 amide bonds. The third-order valence-corrected chi connectivity index (χ3v) is 4.73. The number of nitrogens with two attached hydrogens (primary N) is 2. The minimum absolute atomic E-state index is 0.00710. The second-order valence-electron chi connectivity index (χ2n) is 7.59. The van der Waals surface area contributed by atoms with Crippen molar-refractivity contribution < 1.29 is 39.3 Å². The van der Waals surface area contributed by atoms with Crippen LogP contribution in [-0.2, 0) is 30.4 Å². The quantitative estimate of drug-likeness (QED) is 0.129. The van der Waals surface area contributed by atoms with E-state index in [1.165, 1.54) is 24.3 Å². The van der Waals surface area contributed by atoms with E-state index in [0.29, 0.717) is 24.9 Å². The number of hydrogen-bond acceptors (Lipinski definition) is 8. The Balaban J connectivity index is 3.04. The van der Waals surface area contributed by atoms with E-state index in [9.17, 15) is 29.1 Å². The van der Waals surface area contributed by atoms with Crippen LogP contribution in [0.1, 0.15) is 31.2 Å². The molecule has 0 radical (unpaired) electrons. The van der Waals surface area contributed by atoms with Gasteiger partial charge in [-0.2, -0.15) is 0 Å². The Morgan fingerprint density at radius 2 is 1.47 bits per heavy atom. The first-order chi connectivity index (χ1) is 16.0. The number of aliphatic carboxylic acids is 2. The summed E-state index contributed by atoms with van der Waals surface area (Å²) in [5.41, 5.74) is 11.6. The van der Waals surface area contributed by atoms with E-state index in [1.807, 2.05) is 0 Å². The van der Waals surface area contributed by atoms with Crippen molar-refractivity contribution >= 4 is 29.7 Å². The summed E-state index contributed by atoms with van der Waals surface area (Å²) in [5.74, 6) is -4.91. The lowest BCUT2D eigenvalue weighted by molar-refractivity contribution is -0.139. The molecule has 3 atom stereocenters. The second kappa shape index (κ2) is 14.4. The van der Waals surface area contributed by atoms with Crippen LogP contribution in [0.5, 0.6) is 5.75 Å². The highest BCUT2D eigenvalue weighted by Gasteiger charge is 2.29. The van der Waals surface area contributed by atoms with Gasteiger partial charge in [0.15, 0.2) is 0 Å². The minimum Gasteiger partial charge on any atom is -0.508 e. The first-order valence-electron chi connectivity index (χ1n) is 10.6. The Labute approximate surface area is 195 Å². The van der Waals surface area contributed by atoms with Gasteiger partial charge >= 0.3 is 11.9 Å². The summed E-state index contributed by atoms with van der Waals surface area (Å²) in [6.45, 7) is -0.280. The summed E-state index contributed by atoms with van der Waals surface area (Å²) in [7, 11) is 0. The third-order valence-electron chi connectivity index (χ3n) is 4.73. The summed E-state index contributed by atoms with van der Waals surface area (Å²) in [6.07, 6.45) is 0.506. The maximum absolute atomic E-state index is 13.0. The second-order valence-corrected chi connectivity index (χ2v) is 7.59. The number of nitrogens with one attached hydrogen (secondary N) is 3. The highest BCUT2D eigenvalue weighted by Crippen LogP contribution is 2.12. The van der Waals surface area contributed by atoms with Gasteiger partial charge in [-0.1, -0.05) is 12.1 Å². The van der Waals surface area contributed by atoms with Crippen molar-refractivity contribution in [3.8, 4) is 5.75 Å². The highest BCUT2D eigenvalue weighted by atomic mass is 16.4. The average molecular weight is 482 g/mol. The maximum atomic E-state index is 13.0. The molecule has 0 saturated heterocycles. The lowest BCUT2D eigenvalue weighted by Gasteiger charge is -2.24. The van der Waals surface area contributed by atoms with Crippen molar-refractivity contribution in [2.45, 2.75) is 50.2 Å². The molecule has 0 aromatic heterocycles. The van der Waals surface area contributed by atoms with Gasteiger partial charge < -0.3 is 42.7 Å². The number of amides is 3. The molecule has 0 fully saturated rings. The number of rotatable bonds is 15. The molecule has 34 heavy (non-hydrogen) atoms. The summed E-state index contributed by atoms with van der Waals surface area (Å²) in [4.78, 5) is 59.4. The van der Waals surface area contributed by atoms with Crippen LogP contribution in [0.3, 0.4) is 0 Å². The molecule has 3 unspecified atom stereocenters. The first kappa shape index (κ1) is 28.3. The molecule has 0 heterocycles. The first-order valence-corrected chi connectivity index (χ1v) is 10.6. The van der Waals surface area contributed by atoms with Crippen molar-refractivity contribution in [3.05, 3.63) is 29.8 Å². The lowest BCUT2D eigenvalue weighted by atomic mass is 10.0. The number of carboxylic acid groups (broad SMARTS) is 2. The van der Waals surface area contributed by atoms with Crippen molar-refractivity contribution in [2.75, 3.05) is 13.1 Å². The summed E-state index contributed by atoms with van der Waals surface area (Å²) < 4.78 is 0. The van der Waals surface area contributed by atoms with Gasteiger partial charge in [0.2, 0.25) is 17.7 Å². The molecule has 10 N–H and O–H groups in total. The fourth-order valence-electron chi connectivity index (χ4n) is 2.96.